The number of benzene rings is 2. The van der Waals surface area contributed by atoms with Gasteiger partial charge in [0.2, 0.25) is 0 Å². The van der Waals surface area contributed by atoms with Gasteiger partial charge in [-0.25, -0.2) is 4.79 Å². The van der Waals surface area contributed by atoms with Gasteiger partial charge in [0, 0.05) is 0 Å². The molecule has 3 rings (SSSR count). The molecule has 0 unspecified atom stereocenters. The summed E-state index contributed by atoms with van der Waals surface area (Å²) < 4.78 is 9.86. The van der Waals surface area contributed by atoms with Crippen molar-refractivity contribution < 1.29 is 24.2 Å². The number of carbonyl (C=O) groups is 2. The van der Waals surface area contributed by atoms with Gasteiger partial charge >= 0.3 is 11.9 Å². The average molecular weight is 354 g/mol. The van der Waals surface area contributed by atoms with Crippen molar-refractivity contribution >= 4 is 11.9 Å². The fraction of sp³-hybridized carbons (Fsp3) is 0.333. The molecule has 0 aromatic heterocycles. The van der Waals surface area contributed by atoms with Crippen LogP contribution in [-0.2, 0) is 27.1 Å². The molecule has 0 bridgehead atoms. The second kappa shape index (κ2) is 8.15. The fourth-order valence-electron chi connectivity index (χ4n) is 3.22. The van der Waals surface area contributed by atoms with Crippen LogP contribution in [0.5, 0.6) is 0 Å². The molecule has 1 N–H and O–H groups in total. The molecule has 0 spiro atoms. The van der Waals surface area contributed by atoms with Crippen LogP contribution < -0.4 is 0 Å². The minimum absolute atomic E-state index is 0.153. The summed E-state index contributed by atoms with van der Waals surface area (Å²) in [6.45, 7) is -0.153. The van der Waals surface area contributed by atoms with Crippen molar-refractivity contribution in [2.75, 3.05) is 13.7 Å². The summed E-state index contributed by atoms with van der Waals surface area (Å²) in [5, 5.41) is 9.18. The number of cyclic esters (lactones) is 1. The molecule has 1 fully saturated rings. The number of aliphatic hydroxyl groups excluding tert-OH is 1. The highest BCUT2D eigenvalue weighted by molar-refractivity contribution is 5.89. The van der Waals surface area contributed by atoms with Crippen molar-refractivity contribution in [1.82, 2.24) is 0 Å². The average Bonchev–Trinajstić information content (AvgIpc) is 2.65. The highest BCUT2D eigenvalue weighted by Crippen LogP contribution is 2.26. The van der Waals surface area contributed by atoms with Crippen LogP contribution in [0.2, 0.25) is 0 Å². The van der Waals surface area contributed by atoms with Gasteiger partial charge in [-0.05, 0) is 48.1 Å². The molecule has 26 heavy (non-hydrogen) atoms. The zero-order valence-corrected chi connectivity index (χ0v) is 14.7. The molecule has 0 aliphatic carbocycles. The number of carbonyl (C=O) groups excluding carboxylic acids is 2. The van der Waals surface area contributed by atoms with E-state index >= 15 is 0 Å². The minimum Gasteiger partial charge on any atom is -0.465 e. The second-order valence-electron chi connectivity index (χ2n) is 6.49. The number of ether oxygens (including phenoxy) is 2. The number of esters is 2. The van der Waals surface area contributed by atoms with Crippen LogP contribution >= 0.6 is 0 Å². The maximum absolute atomic E-state index is 11.7. The molecular formula is C21H22O5. The fourth-order valence-corrected chi connectivity index (χ4v) is 3.22. The normalized spacial score (nSPS) is 18.8. The summed E-state index contributed by atoms with van der Waals surface area (Å²) in [7, 11) is 1.37. The summed E-state index contributed by atoms with van der Waals surface area (Å²) in [6, 6.07) is 15.6. The number of methoxy groups -OCH3 is 1. The van der Waals surface area contributed by atoms with Gasteiger partial charge < -0.3 is 14.6 Å². The van der Waals surface area contributed by atoms with Gasteiger partial charge in [0.15, 0.2) is 0 Å². The van der Waals surface area contributed by atoms with Gasteiger partial charge in [0.25, 0.3) is 0 Å². The molecule has 1 heterocycles. The largest absolute Gasteiger partial charge is 0.465 e. The zero-order valence-electron chi connectivity index (χ0n) is 14.7. The Hall–Kier alpha value is -2.66. The van der Waals surface area contributed by atoms with Crippen molar-refractivity contribution in [1.29, 1.82) is 0 Å². The van der Waals surface area contributed by atoms with Gasteiger partial charge in [0.05, 0.1) is 19.3 Å². The van der Waals surface area contributed by atoms with Crippen molar-refractivity contribution in [3.8, 4) is 0 Å². The van der Waals surface area contributed by atoms with Crippen molar-refractivity contribution in [3.05, 3.63) is 70.8 Å². The number of aliphatic hydroxyl groups is 1. The van der Waals surface area contributed by atoms with Crippen molar-refractivity contribution in [2.24, 2.45) is 5.92 Å². The summed E-state index contributed by atoms with van der Waals surface area (Å²) in [4.78, 5) is 22.9. The topological polar surface area (TPSA) is 72.8 Å². The first kappa shape index (κ1) is 18.1. The van der Waals surface area contributed by atoms with E-state index in [1.807, 2.05) is 36.4 Å². The van der Waals surface area contributed by atoms with E-state index in [0.29, 0.717) is 12.0 Å². The molecule has 5 heteroatoms. The molecule has 2 atom stereocenters. The molecule has 0 amide bonds. The van der Waals surface area contributed by atoms with E-state index in [0.717, 1.165) is 29.5 Å². The molecular weight excluding hydrogens is 332 g/mol. The lowest BCUT2D eigenvalue weighted by molar-refractivity contribution is -0.188. The van der Waals surface area contributed by atoms with Gasteiger partial charge in [-0.15, -0.1) is 0 Å². The number of aryl methyl sites for hydroxylation is 1. The third kappa shape index (κ3) is 4.11. The Morgan fingerprint density at radius 1 is 1.12 bits per heavy atom. The number of hydrogen-bond donors (Lipinski definition) is 1. The lowest BCUT2D eigenvalue weighted by Gasteiger charge is -2.33. The lowest BCUT2D eigenvalue weighted by Crippen LogP contribution is -2.47. The van der Waals surface area contributed by atoms with Crippen LogP contribution in [0, 0.1) is 5.92 Å². The molecule has 1 saturated heterocycles. The summed E-state index contributed by atoms with van der Waals surface area (Å²) in [6.07, 6.45) is 2.02. The van der Waals surface area contributed by atoms with E-state index in [2.05, 4.69) is 6.07 Å². The zero-order chi connectivity index (χ0) is 18.5. The SMILES string of the molecule is COC(=O)c1cccc(Cc2cccc(CC[C@H]3OC(=O)[C@@H]3CO)c2)c1. The third-order valence-electron chi connectivity index (χ3n) is 4.68. The van der Waals surface area contributed by atoms with Crippen LogP contribution in [0.1, 0.15) is 33.5 Å². The highest BCUT2D eigenvalue weighted by Gasteiger charge is 2.41. The Bertz CT molecular complexity index is 798. The monoisotopic (exact) mass is 354 g/mol. The van der Waals surface area contributed by atoms with Crippen LogP contribution in [0.25, 0.3) is 0 Å². The van der Waals surface area contributed by atoms with E-state index in [1.54, 1.807) is 6.07 Å². The Labute approximate surface area is 152 Å². The first-order chi connectivity index (χ1) is 12.6. The van der Waals surface area contributed by atoms with E-state index in [1.165, 1.54) is 7.11 Å². The van der Waals surface area contributed by atoms with Crippen LogP contribution in [0.15, 0.2) is 48.5 Å². The third-order valence-corrected chi connectivity index (χ3v) is 4.68. The Kier molecular flexibility index (Phi) is 5.68. The van der Waals surface area contributed by atoms with Crippen LogP contribution in [0.3, 0.4) is 0 Å². The molecule has 0 radical (unpaired) electrons. The highest BCUT2D eigenvalue weighted by atomic mass is 16.6. The minimum atomic E-state index is -0.376. The first-order valence-corrected chi connectivity index (χ1v) is 8.67. The van der Waals surface area contributed by atoms with Gasteiger partial charge in [0.1, 0.15) is 12.0 Å². The van der Waals surface area contributed by atoms with Crippen molar-refractivity contribution in [3.63, 3.8) is 0 Å². The second-order valence-corrected chi connectivity index (χ2v) is 6.49. The molecule has 136 valence electrons. The molecule has 0 saturated carbocycles. The maximum Gasteiger partial charge on any atom is 0.337 e. The predicted molar refractivity (Wildman–Crippen MR) is 95.8 cm³/mol. The van der Waals surface area contributed by atoms with E-state index < -0.39 is 0 Å². The van der Waals surface area contributed by atoms with Gasteiger partial charge in [-0.3, -0.25) is 4.79 Å². The van der Waals surface area contributed by atoms with Crippen LogP contribution in [0.4, 0.5) is 0 Å². The molecule has 1 aliphatic rings. The smallest absolute Gasteiger partial charge is 0.337 e. The maximum atomic E-state index is 11.7. The Morgan fingerprint density at radius 2 is 1.81 bits per heavy atom. The lowest BCUT2D eigenvalue weighted by atomic mass is 9.91. The summed E-state index contributed by atoms with van der Waals surface area (Å²) >= 11 is 0. The van der Waals surface area contributed by atoms with E-state index in [4.69, 9.17) is 9.47 Å². The Balaban J connectivity index is 1.62. The van der Waals surface area contributed by atoms with Gasteiger partial charge in [-0.1, -0.05) is 36.4 Å². The van der Waals surface area contributed by atoms with E-state index in [9.17, 15) is 14.7 Å². The standard InChI is InChI=1S/C21H22O5/c1-25-20(23)17-7-3-6-16(12-17)11-15-5-2-4-14(10-15)8-9-19-18(13-22)21(24)26-19/h2-7,10,12,18-19,22H,8-9,11,13H2,1H3/t18-,19-/m1/s1. The molecule has 5 nitrogen and oxygen atoms in total. The number of hydrogen-bond acceptors (Lipinski definition) is 5. The van der Waals surface area contributed by atoms with Crippen molar-refractivity contribution in [2.45, 2.75) is 25.4 Å². The van der Waals surface area contributed by atoms with Gasteiger partial charge in [-0.2, -0.15) is 0 Å². The van der Waals surface area contributed by atoms with E-state index in [-0.39, 0.29) is 30.6 Å². The number of rotatable bonds is 7. The Morgan fingerprint density at radius 3 is 2.50 bits per heavy atom. The molecule has 2 aromatic rings. The summed E-state index contributed by atoms with van der Waals surface area (Å²) in [5.74, 6) is -1.02. The molecule has 2 aromatic carbocycles. The quantitative estimate of drug-likeness (QED) is 0.774. The predicted octanol–water partition coefficient (Wildman–Crippen LogP) is 2.53. The van der Waals surface area contributed by atoms with Crippen LogP contribution in [-0.4, -0.2) is 36.9 Å². The first-order valence-electron chi connectivity index (χ1n) is 8.67. The molecule has 1 aliphatic heterocycles. The summed E-state index contributed by atoms with van der Waals surface area (Å²) in [5.41, 5.74) is 3.89.